The summed E-state index contributed by atoms with van der Waals surface area (Å²) in [5.41, 5.74) is -0.454. The summed E-state index contributed by atoms with van der Waals surface area (Å²) in [6.45, 7) is 1.91. The van der Waals surface area contributed by atoms with Gasteiger partial charge in [0.25, 0.3) is 0 Å². The molecule has 4 nitrogen and oxygen atoms in total. The molecule has 0 saturated carbocycles. The molecule has 1 rings (SSSR count). The standard InChI is InChI=1S/C10H17F3N2O2/c1-9(2-3-14-6-9)8(16)15-4-5-17-7-10(11,12)13/h14H,2-7H2,1H3,(H,15,16). The Morgan fingerprint density at radius 3 is 2.76 bits per heavy atom. The highest BCUT2D eigenvalue weighted by atomic mass is 19.4. The number of carbonyl (C=O) groups excluding carboxylic acids is 1. The molecule has 1 aliphatic rings. The SMILES string of the molecule is CC1(C(=O)NCCOCC(F)(F)F)CCNC1. The zero-order chi connectivity index (χ0) is 12.9. The Morgan fingerprint density at radius 2 is 2.24 bits per heavy atom. The number of alkyl halides is 3. The summed E-state index contributed by atoms with van der Waals surface area (Å²) in [7, 11) is 0. The minimum absolute atomic E-state index is 0.102. The maximum absolute atomic E-state index is 11.7. The van der Waals surface area contributed by atoms with Gasteiger partial charge in [0, 0.05) is 13.1 Å². The third-order valence-electron chi connectivity index (χ3n) is 2.71. The van der Waals surface area contributed by atoms with E-state index in [0.717, 1.165) is 13.0 Å². The van der Waals surface area contributed by atoms with Gasteiger partial charge in [0.05, 0.1) is 12.0 Å². The van der Waals surface area contributed by atoms with Gasteiger partial charge in [0.2, 0.25) is 5.91 Å². The molecular weight excluding hydrogens is 237 g/mol. The average molecular weight is 254 g/mol. The molecule has 0 aromatic rings. The summed E-state index contributed by atoms with van der Waals surface area (Å²) in [6.07, 6.45) is -3.58. The molecule has 0 spiro atoms. The zero-order valence-electron chi connectivity index (χ0n) is 9.69. The van der Waals surface area contributed by atoms with Crippen LogP contribution in [0.2, 0.25) is 0 Å². The lowest BCUT2D eigenvalue weighted by Crippen LogP contribution is -2.41. The molecule has 1 fully saturated rings. The largest absolute Gasteiger partial charge is 0.411 e. The van der Waals surface area contributed by atoms with E-state index in [0.29, 0.717) is 6.54 Å². The molecule has 0 aliphatic carbocycles. The van der Waals surface area contributed by atoms with Gasteiger partial charge in [-0.2, -0.15) is 13.2 Å². The van der Waals surface area contributed by atoms with Crippen molar-refractivity contribution in [2.45, 2.75) is 19.5 Å². The van der Waals surface area contributed by atoms with Gasteiger partial charge >= 0.3 is 6.18 Å². The van der Waals surface area contributed by atoms with Gasteiger partial charge in [0.15, 0.2) is 0 Å². The predicted octanol–water partition coefficient (Wildman–Crippen LogP) is 0.681. The molecule has 0 bridgehead atoms. The number of nitrogens with one attached hydrogen (secondary N) is 2. The van der Waals surface area contributed by atoms with E-state index in [1.807, 2.05) is 6.92 Å². The van der Waals surface area contributed by atoms with Crippen molar-refractivity contribution in [3.8, 4) is 0 Å². The molecule has 1 atom stereocenters. The van der Waals surface area contributed by atoms with E-state index in [1.165, 1.54) is 0 Å². The molecule has 1 saturated heterocycles. The van der Waals surface area contributed by atoms with Crippen molar-refractivity contribution in [3.05, 3.63) is 0 Å². The second-order valence-corrected chi connectivity index (χ2v) is 4.41. The van der Waals surface area contributed by atoms with Gasteiger partial charge in [-0.3, -0.25) is 4.79 Å². The molecule has 2 N–H and O–H groups in total. The number of hydrogen-bond donors (Lipinski definition) is 2. The smallest absolute Gasteiger partial charge is 0.370 e. The monoisotopic (exact) mass is 254 g/mol. The van der Waals surface area contributed by atoms with E-state index >= 15 is 0 Å². The second kappa shape index (κ2) is 5.68. The first kappa shape index (κ1) is 14.2. The highest BCUT2D eigenvalue weighted by Crippen LogP contribution is 2.24. The highest BCUT2D eigenvalue weighted by Gasteiger charge is 2.35. The van der Waals surface area contributed by atoms with Crippen LogP contribution in [0.1, 0.15) is 13.3 Å². The molecule has 0 radical (unpaired) electrons. The van der Waals surface area contributed by atoms with Gasteiger partial charge in [0.1, 0.15) is 6.61 Å². The van der Waals surface area contributed by atoms with E-state index < -0.39 is 18.2 Å². The summed E-state index contributed by atoms with van der Waals surface area (Å²) in [6, 6.07) is 0. The van der Waals surface area contributed by atoms with E-state index in [-0.39, 0.29) is 19.1 Å². The summed E-state index contributed by atoms with van der Waals surface area (Å²) >= 11 is 0. The van der Waals surface area contributed by atoms with Crippen molar-refractivity contribution in [2.24, 2.45) is 5.41 Å². The number of rotatable bonds is 5. The molecule has 1 aliphatic heterocycles. The Morgan fingerprint density at radius 1 is 1.53 bits per heavy atom. The van der Waals surface area contributed by atoms with Crippen LogP contribution >= 0.6 is 0 Å². The minimum Gasteiger partial charge on any atom is -0.370 e. The fourth-order valence-corrected chi connectivity index (χ4v) is 1.65. The first-order valence-corrected chi connectivity index (χ1v) is 5.47. The van der Waals surface area contributed by atoms with Crippen molar-refractivity contribution in [2.75, 3.05) is 32.8 Å². The Bertz CT molecular complexity index is 263. The van der Waals surface area contributed by atoms with Crippen LogP contribution < -0.4 is 10.6 Å². The number of ether oxygens (including phenoxy) is 1. The number of halogens is 3. The third-order valence-corrected chi connectivity index (χ3v) is 2.71. The second-order valence-electron chi connectivity index (χ2n) is 4.41. The molecule has 100 valence electrons. The maximum Gasteiger partial charge on any atom is 0.411 e. The van der Waals surface area contributed by atoms with Crippen LogP contribution in [0.15, 0.2) is 0 Å². The van der Waals surface area contributed by atoms with Crippen LogP contribution in [0.3, 0.4) is 0 Å². The van der Waals surface area contributed by atoms with Crippen molar-refractivity contribution in [1.82, 2.24) is 10.6 Å². The lowest BCUT2D eigenvalue weighted by Gasteiger charge is -2.21. The molecule has 17 heavy (non-hydrogen) atoms. The molecule has 0 aromatic heterocycles. The summed E-state index contributed by atoms with van der Waals surface area (Å²) in [5, 5.41) is 5.65. The lowest BCUT2D eigenvalue weighted by molar-refractivity contribution is -0.173. The first-order chi connectivity index (χ1) is 7.83. The van der Waals surface area contributed by atoms with E-state index in [2.05, 4.69) is 15.4 Å². The van der Waals surface area contributed by atoms with Crippen molar-refractivity contribution in [1.29, 1.82) is 0 Å². The molecule has 7 heteroatoms. The topological polar surface area (TPSA) is 50.4 Å². The van der Waals surface area contributed by atoms with Crippen LogP contribution in [-0.4, -0.2) is 44.9 Å². The van der Waals surface area contributed by atoms with E-state index in [1.54, 1.807) is 0 Å². The maximum atomic E-state index is 11.7. The molecular formula is C10H17F3N2O2. The molecule has 1 heterocycles. The molecule has 0 aromatic carbocycles. The molecule has 1 unspecified atom stereocenters. The first-order valence-electron chi connectivity index (χ1n) is 5.47. The van der Waals surface area contributed by atoms with E-state index in [9.17, 15) is 18.0 Å². The lowest BCUT2D eigenvalue weighted by atomic mass is 9.89. The Kier molecular flexibility index (Phi) is 4.76. The van der Waals surface area contributed by atoms with Crippen LogP contribution in [0, 0.1) is 5.41 Å². The fraction of sp³-hybridized carbons (Fsp3) is 0.900. The van der Waals surface area contributed by atoms with Crippen LogP contribution in [0.4, 0.5) is 13.2 Å². The van der Waals surface area contributed by atoms with Crippen molar-refractivity contribution in [3.63, 3.8) is 0 Å². The van der Waals surface area contributed by atoms with Crippen LogP contribution in [0.5, 0.6) is 0 Å². The molecule has 1 amide bonds. The minimum atomic E-state index is -4.31. The van der Waals surface area contributed by atoms with Gasteiger partial charge in [-0.15, -0.1) is 0 Å². The summed E-state index contributed by atoms with van der Waals surface area (Å²) in [5.74, 6) is -0.141. The number of amides is 1. The van der Waals surface area contributed by atoms with Crippen molar-refractivity contribution >= 4 is 5.91 Å². The van der Waals surface area contributed by atoms with Gasteiger partial charge in [-0.05, 0) is 19.9 Å². The Hall–Kier alpha value is -0.820. The zero-order valence-corrected chi connectivity index (χ0v) is 9.69. The van der Waals surface area contributed by atoms with Gasteiger partial charge in [-0.1, -0.05) is 0 Å². The normalized spacial score (nSPS) is 24.9. The van der Waals surface area contributed by atoms with Gasteiger partial charge < -0.3 is 15.4 Å². The Labute approximate surface area is 97.9 Å². The summed E-state index contributed by atoms with van der Waals surface area (Å²) in [4.78, 5) is 11.7. The number of hydrogen-bond acceptors (Lipinski definition) is 3. The van der Waals surface area contributed by atoms with Crippen LogP contribution in [-0.2, 0) is 9.53 Å². The predicted molar refractivity (Wildman–Crippen MR) is 55.5 cm³/mol. The highest BCUT2D eigenvalue weighted by molar-refractivity contribution is 5.82. The van der Waals surface area contributed by atoms with Crippen molar-refractivity contribution < 1.29 is 22.7 Å². The van der Waals surface area contributed by atoms with Gasteiger partial charge in [-0.25, -0.2) is 0 Å². The van der Waals surface area contributed by atoms with E-state index in [4.69, 9.17) is 0 Å². The van der Waals surface area contributed by atoms with Crippen LogP contribution in [0.25, 0.3) is 0 Å². The quantitative estimate of drug-likeness (QED) is 0.709. The third kappa shape index (κ3) is 4.91. The fourth-order valence-electron chi connectivity index (χ4n) is 1.65. The summed E-state index contributed by atoms with van der Waals surface area (Å²) < 4.78 is 39.6. The Balaban J connectivity index is 2.12. The average Bonchev–Trinajstić information content (AvgIpc) is 2.64. The number of carbonyl (C=O) groups is 1.